The summed E-state index contributed by atoms with van der Waals surface area (Å²) in [5.74, 6) is 0.287. The number of hydrogen-bond acceptors (Lipinski definition) is 7. The first kappa shape index (κ1) is 30.9. The minimum atomic E-state index is -3.64. The number of sulfonamides is 1. The number of rotatable bonds is 14. The molecule has 0 saturated heterocycles. The molecule has 1 aromatic heterocycles. The number of aliphatic hydroxyl groups is 1. The fourth-order valence-electron chi connectivity index (χ4n) is 4.43. The number of aromatic nitrogens is 1. The first-order valence-electron chi connectivity index (χ1n) is 13.8. The topological polar surface area (TPSA) is 146 Å². The molecule has 4 aromatic rings. The highest BCUT2D eigenvalue weighted by atomic mass is 32.2. The summed E-state index contributed by atoms with van der Waals surface area (Å²) in [6, 6.07) is 27.2. The lowest BCUT2D eigenvalue weighted by Crippen LogP contribution is -2.32. The summed E-state index contributed by atoms with van der Waals surface area (Å²) in [5.41, 5.74) is 9.97. The Kier molecular flexibility index (Phi) is 10.8. The maximum atomic E-state index is 12.6. The SMILES string of the molecule is C[C@H](Cc1cccc(CC(=O)NCc2ccc(S(=O)(=O)NCc3ccccc3)cc2)c1)NC[C@H](O)c1ccc(N)nc1. The second kappa shape index (κ2) is 14.7. The van der Waals surface area contributed by atoms with Crippen molar-refractivity contribution in [3.05, 3.63) is 125 Å². The maximum absolute atomic E-state index is 12.6. The number of amides is 1. The Hall–Kier alpha value is -4.09. The van der Waals surface area contributed by atoms with Crippen molar-refractivity contribution < 1.29 is 18.3 Å². The molecule has 0 bridgehead atoms. The lowest BCUT2D eigenvalue weighted by Gasteiger charge is -2.18. The van der Waals surface area contributed by atoms with Crippen LogP contribution in [-0.2, 0) is 40.7 Å². The normalized spacial score (nSPS) is 12.9. The first-order chi connectivity index (χ1) is 20.2. The fourth-order valence-corrected chi connectivity index (χ4v) is 5.45. The summed E-state index contributed by atoms with van der Waals surface area (Å²) >= 11 is 0. The molecule has 10 heteroatoms. The lowest BCUT2D eigenvalue weighted by atomic mass is 10.0. The standard InChI is InChI=1S/C32H37N5O4S/c1-23(34-22-30(38)28-12-15-31(33)35-21-28)16-26-8-5-9-27(17-26)18-32(39)36-19-25-10-13-29(14-11-25)42(40,41)37-20-24-6-3-2-4-7-24/h2-15,17,21,23,30,34,37-38H,16,18-20,22H2,1H3,(H2,33,35)(H,36,39)/t23-,30+/m1/s1. The van der Waals surface area contributed by atoms with Crippen molar-refractivity contribution in [2.24, 2.45) is 0 Å². The molecule has 0 spiro atoms. The first-order valence-corrected chi connectivity index (χ1v) is 15.3. The van der Waals surface area contributed by atoms with Gasteiger partial charge in [-0.25, -0.2) is 18.1 Å². The number of pyridine rings is 1. The lowest BCUT2D eigenvalue weighted by molar-refractivity contribution is -0.120. The number of aliphatic hydroxyl groups excluding tert-OH is 1. The van der Waals surface area contributed by atoms with Gasteiger partial charge in [-0.15, -0.1) is 0 Å². The Morgan fingerprint density at radius 1 is 0.881 bits per heavy atom. The van der Waals surface area contributed by atoms with Crippen molar-refractivity contribution >= 4 is 21.7 Å². The molecule has 1 heterocycles. The number of hydrogen-bond donors (Lipinski definition) is 5. The molecule has 0 fully saturated rings. The van der Waals surface area contributed by atoms with Crippen LogP contribution in [0.2, 0.25) is 0 Å². The minimum absolute atomic E-state index is 0.103. The van der Waals surface area contributed by atoms with Crippen LogP contribution in [0.4, 0.5) is 5.82 Å². The van der Waals surface area contributed by atoms with E-state index in [4.69, 9.17) is 5.73 Å². The molecule has 0 aliphatic carbocycles. The maximum Gasteiger partial charge on any atom is 0.240 e. The number of carbonyl (C=O) groups excluding carboxylic acids is 1. The van der Waals surface area contributed by atoms with Crippen molar-refractivity contribution in [1.29, 1.82) is 0 Å². The third-order valence-corrected chi connectivity index (χ3v) is 8.20. The van der Waals surface area contributed by atoms with Crippen LogP contribution < -0.4 is 21.1 Å². The van der Waals surface area contributed by atoms with Crippen molar-refractivity contribution in [3.63, 3.8) is 0 Å². The molecule has 42 heavy (non-hydrogen) atoms. The largest absolute Gasteiger partial charge is 0.387 e. The van der Waals surface area contributed by atoms with Gasteiger partial charge >= 0.3 is 0 Å². The highest BCUT2D eigenvalue weighted by Gasteiger charge is 2.14. The molecule has 0 saturated carbocycles. The predicted octanol–water partition coefficient (Wildman–Crippen LogP) is 3.26. The number of nitrogens with zero attached hydrogens (tertiary/aromatic N) is 1. The summed E-state index contributed by atoms with van der Waals surface area (Å²) in [7, 11) is -3.64. The highest BCUT2D eigenvalue weighted by Crippen LogP contribution is 2.14. The average molecular weight is 588 g/mol. The second-order valence-electron chi connectivity index (χ2n) is 10.3. The zero-order chi connectivity index (χ0) is 30.0. The molecule has 0 unspecified atom stereocenters. The molecule has 2 atom stereocenters. The Morgan fingerprint density at radius 2 is 1.57 bits per heavy atom. The van der Waals surface area contributed by atoms with E-state index < -0.39 is 16.1 Å². The average Bonchev–Trinajstić information content (AvgIpc) is 2.99. The number of anilines is 1. The molecule has 3 aromatic carbocycles. The van der Waals surface area contributed by atoms with Gasteiger partial charge in [0.15, 0.2) is 0 Å². The summed E-state index contributed by atoms with van der Waals surface area (Å²) in [5, 5.41) is 16.6. The van der Waals surface area contributed by atoms with Gasteiger partial charge in [0.05, 0.1) is 17.4 Å². The Balaban J connectivity index is 1.21. The van der Waals surface area contributed by atoms with Gasteiger partial charge in [0, 0.05) is 37.4 Å². The van der Waals surface area contributed by atoms with Gasteiger partial charge < -0.3 is 21.5 Å². The van der Waals surface area contributed by atoms with Crippen molar-refractivity contribution in [3.8, 4) is 0 Å². The molecule has 1 amide bonds. The van der Waals surface area contributed by atoms with Crippen molar-refractivity contribution in [2.75, 3.05) is 12.3 Å². The Morgan fingerprint density at radius 3 is 2.29 bits per heavy atom. The number of nitrogen functional groups attached to an aromatic ring is 1. The van der Waals surface area contributed by atoms with Crippen molar-refractivity contribution in [2.45, 2.75) is 49.9 Å². The fraction of sp³-hybridized carbons (Fsp3) is 0.250. The number of carbonyl (C=O) groups is 1. The third-order valence-electron chi connectivity index (χ3n) is 6.78. The Labute approximate surface area is 247 Å². The van der Waals surface area contributed by atoms with E-state index in [1.807, 2.05) is 61.5 Å². The monoisotopic (exact) mass is 587 g/mol. The van der Waals surface area contributed by atoms with Gasteiger partial charge in [-0.3, -0.25) is 4.79 Å². The van der Waals surface area contributed by atoms with Crippen LogP contribution >= 0.6 is 0 Å². The van der Waals surface area contributed by atoms with E-state index >= 15 is 0 Å². The van der Waals surface area contributed by atoms with Crippen LogP contribution in [0.15, 0.2) is 102 Å². The summed E-state index contributed by atoms with van der Waals surface area (Å²) in [4.78, 5) is 16.8. The van der Waals surface area contributed by atoms with Crippen LogP contribution in [0.1, 0.15) is 40.8 Å². The molecule has 9 nitrogen and oxygen atoms in total. The van der Waals surface area contributed by atoms with Crippen LogP contribution in [0.5, 0.6) is 0 Å². The zero-order valence-corrected chi connectivity index (χ0v) is 24.3. The molecule has 4 rings (SSSR count). The molecule has 0 radical (unpaired) electrons. The number of benzene rings is 3. The molecule has 0 aliphatic rings. The van der Waals surface area contributed by atoms with Gasteiger partial charge in [-0.1, -0.05) is 72.8 Å². The van der Waals surface area contributed by atoms with Crippen molar-refractivity contribution in [1.82, 2.24) is 20.3 Å². The van der Waals surface area contributed by atoms with Crippen LogP contribution in [0, 0.1) is 0 Å². The van der Waals surface area contributed by atoms with Gasteiger partial charge in [0.25, 0.3) is 0 Å². The molecular formula is C32H37N5O4S. The summed E-state index contributed by atoms with van der Waals surface area (Å²) < 4.78 is 27.8. The molecule has 6 N–H and O–H groups in total. The van der Waals surface area contributed by atoms with Crippen LogP contribution in [0.25, 0.3) is 0 Å². The molecular weight excluding hydrogens is 550 g/mol. The van der Waals surface area contributed by atoms with E-state index in [-0.39, 0.29) is 29.8 Å². The third kappa shape index (κ3) is 9.49. The molecule has 220 valence electrons. The molecule has 0 aliphatic heterocycles. The van der Waals surface area contributed by atoms with E-state index in [2.05, 4.69) is 20.3 Å². The smallest absolute Gasteiger partial charge is 0.240 e. The van der Waals surface area contributed by atoms with Gasteiger partial charge in [-0.2, -0.15) is 0 Å². The highest BCUT2D eigenvalue weighted by molar-refractivity contribution is 7.89. The van der Waals surface area contributed by atoms with E-state index in [0.29, 0.717) is 24.5 Å². The van der Waals surface area contributed by atoms with Gasteiger partial charge in [0.2, 0.25) is 15.9 Å². The van der Waals surface area contributed by atoms with Crippen LogP contribution in [0.3, 0.4) is 0 Å². The van der Waals surface area contributed by atoms with E-state index in [0.717, 1.165) is 28.7 Å². The number of nitrogens with two attached hydrogens (primary N) is 1. The summed E-state index contributed by atoms with van der Waals surface area (Å²) in [6.07, 6.45) is 1.85. The minimum Gasteiger partial charge on any atom is -0.387 e. The predicted molar refractivity (Wildman–Crippen MR) is 164 cm³/mol. The zero-order valence-electron chi connectivity index (χ0n) is 23.5. The quantitative estimate of drug-likeness (QED) is 0.152. The van der Waals surface area contributed by atoms with E-state index in [1.165, 1.54) is 0 Å². The summed E-state index contributed by atoms with van der Waals surface area (Å²) in [6.45, 7) is 2.93. The Bertz CT molecular complexity index is 1550. The van der Waals surface area contributed by atoms with E-state index in [1.54, 1.807) is 42.6 Å². The van der Waals surface area contributed by atoms with Gasteiger partial charge in [-0.05, 0) is 53.8 Å². The second-order valence-corrected chi connectivity index (χ2v) is 12.0. The van der Waals surface area contributed by atoms with E-state index in [9.17, 15) is 18.3 Å². The van der Waals surface area contributed by atoms with Crippen LogP contribution in [-0.4, -0.2) is 37.0 Å². The number of nitrogens with one attached hydrogen (secondary N) is 3. The van der Waals surface area contributed by atoms with Gasteiger partial charge in [0.1, 0.15) is 5.82 Å².